The molecule has 0 spiro atoms. The van der Waals surface area contributed by atoms with E-state index >= 15 is 0 Å². The van der Waals surface area contributed by atoms with Gasteiger partial charge in [0.05, 0.1) is 6.04 Å². The van der Waals surface area contributed by atoms with Crippen molar-refractivity contribution in [2.24, 2.45) is 0 Å². The smallest absolute Gasteiger partial charge is 0.171 e. The van der Waals surface area contributed by atoms with E-state index in [9.17, 15) is 4.79 Å². The van der Waals surface area contributed by atoms with Crippen LogP contribution in [0.3, 0.4) is 0 Å². The predicted molar refractivity (Wildman–Crippen MR) is 51.8 cm³/mol. The number of Topliss-reactive ketones (excluding diaryl/α,β-unsaturated/α-hetero) is 1. The quantitative estimate of drug-likeness (QED) is 0.712. The lowest BCUT2D eigenvalue weighted by Crippen LogP contribution is -2.15. The maximum atomic E-state index is 11.0. The normalized spacial score (nSPS) is 12.8. The number of tetrazole rings is 1. The number of rotatable bonds is 5. The molecule has 0 unspecified atom stereocenters. The molecule has 1 atom stereocenters. The first-order valence-corrected chi connectivity index (χ1v) is 4.89. The first kappa shape index (κ1) is 10.8. The molecule has 1 aromatic rings. The molecule has 0 saturated heterocycles. The minimum absolute atomic E-state index is 0.0682. The Bertz CT molecular complexity index is 308. The van der Waals surface area contributed by atoms with Crippen molar-refractivity contribution in [2.45, 2.75) is 46.1 Å². The van der Waals surface area contributed by atoms with Gasteiger partial charge in [-0.05, 0) is 25.5 Å². The Balaban J connectivity index is 2.71. The molecule has 0 N–H and O–H groups in total. The Morgan fingerprint density at radius 2 is 2.29 bits per heavy atom. The monoisotopic (exact) mass is 196 g/mol. The Morgan fingerprint density at radius 1 is 1.57 bits per heavy atom. The minimum Gasteiger partial charge on any atom is -0.300 e. The highest BCUT2D eigenvalue weighted by Crippen LogP contribution is 2.15. The van der Waals surface area contributed by atoms with Crippen LogP contribution >= 0.6 is 0 Å². The SMILES string of the molecule is CCC[C@@H](CC(C)=O)n1nnc(C)n1. The maximum absolute atomic E-state index is 11.0. The zero-order chi connectivity index (χ0) is 10.6. The third kappa shape index (κ3) is 2.90. The van der Waals surface area contributed by atoms with Crippen molar-refractivity contribution in [3.05, 3.63) is 5.82 Å². The molecule has 5 heteroatoms. The van der Waals surface area contributed by atoms with Crippen molar-refractivity contribution in [3.63, 3.8) is 0 Å². The summed E-state index contributed by atoms with van der Waals surface area (Å²) in [6, 6.07) is 0.0682. The van der Waals surface area contributed by atoms with Crippen LogP contribution in [0.15, 0.2) is 0 Å². The van der Waals surface area contributed by atoms with Crippen LogP contribution in [0.2, 0.25) is 0 Å². The van der Waals surface area contributed by atoms with E-state index in [-0.39, 0.29) is 11.8 Å². The highest BCUT2D eigenvalue weighted by molar-refractivity contribution is 5.75. The van der Waals surface area contributed by atoms with Crippen LogP contribution in [0.1, 0.15) is 45.0 Å². The topological polar surface area (TPSA) is 60.7 Å². The summed E-state index contributed by atoms with van der Waals surface area (Å²) < 4.78 is 0. The van der Waals surface area contributed by atoms with E-state index in [0.717, 1.165) is 12.8 Å². The van der Waals surface area contributed by atoms with Gasteiger partial charge in [-0.25, -0.2) is 0 Å². The van der Waals surface area contributed by atoms with E-state index in [1.807, 2.05) is 0 Å². The molecular formula is C9H16N4O. The van der Waals surface area contributed by atoms with Crippen LogP contribution in [0.25, 0.3) is 0 Å². The van der Waals surface area contributed by atoms with Crippen molar-refractivity contribution < 1.29 is 4.79 Å². The van der Waals surface area contributed by atoms with Crippen molar-refractivity contribution in [1.82, 2.24) is 20.2 Å². The fourth-order valence-electron chi connectivity index (χ4n) is 1.42. The predicted octanol–water partition coefficient (Wildman–Crippen LogP) is 1.30. The van der Waals surface area contributed by atoms with E-state index in [1.165, 1.54) is 0 Å². The molecule has 1 aromatic heterocycles. The number of hydrogen-bond acceptors (Lipinski definition) is 4. The van der Waals surface area contributed by atoms with Gasteiger partial charge in [0.2, 0.25) is 0 Å². The van der Waals surface area contributed by atoms with Crippen LogP contribution in [-0.2, 0) is 4.79 Å². The molecule has 0 bridgehead atoms. The molecule has 0 aliphatic rings. The average molecular weight is 196 g/mol. The molecule has 0 aliphatic heterocycles. The number of hydrogen-bond donors (Lipinski definition) is 0. The highest BCUT2D eigenvalue weighted by atomic mass is 16.1. The van der Waals surface area contributed by atoms with Crippen LogP contribution in [0, 0.1) is 6.92 Å². The summed E-state index contributed by atoms with van der Waals surface area (Å²) in [5.74, 6) is 0.813. The van der Waals surface area contributed by atoms with E-state index in [4.69, 9.17) is 0 Å². The summed E-state index contributed by atoms with van der Waals surface area (Å²) >= 11 is 0. The number of carbonyl (C=O) groups excluding carboxylic acids is 1. The molecule has 0 aromatic carbocycles. The van der Waals surface area contributed by atoms with Gasteiger partial charge in [-0.2, -0.15) is 4.80 Å². The van der Waals surface area contributed by atoms with Gasteiger partial charge in [0, 0.05) is 6.42 Å². The standard InChI is InChI=1S/C9H16N4O/c1-4-5-9(6-7(2)14)13-11-8(3)10-12-13/h9H,4-6H2,1-3H3/t9-/m0/s1. The number of nitrogens with zero attached hydrogens (tertiary/aromatic N) is 4. The summed E-state index contributed by atoms with van der Waals surface area (Å²) in [4.78, 5) is 12.6. The summed E-state index contributed by atoms with van der Waals surface area (Å²) in [7, 11) is 0. The van der Waals surface area contributed by atoms with Gasteiger partial charge in [0.15, 0.2) is 5.82 Å². The van der Waals surface area contributed by atoms with E-state index in [1.54, 1.807) is 18.6 Å². The average Bonchev–Trinajstić information content (AvgIpc) is 2.50. The van der Waals surface area contributed by atoms with Crippen molar-refractivity contribution in [1.29, 1.82) is 0 Å². The van der Waals surface area contributed by atoms with Gasteiger partial charge >= 0.3 is 0 Å². The maximum Gasteiger partial charge on any atom is 0.171 e. The number of carbonyl (C=O) groups is 1. The fourth-order valence-corrected chi connectivity index (χ4v) is 1.42. The second kappa shape index (κ2) is 4.83. The molecule has 0 radical (unpaired) electrons. The van der Waals surface area contributed by atoms with E-state index < -0.39 is 0 Å². The second-order valence-electron chi connectivity index (χ2n) is 3.51. The zero-order valence-corrected chi connectivity index (χ0v) is 8.90. The largest absolute Gasteiger partial charge is 0.300 e. The van der Waals surface area contributed by atoms with Crippen molar-refractivity contribution >= 4 is 5.78 Å². The minimum atomic E-state index is 0.0682. The zero-order valence-electron chi connectivity index (χ0n) is 8.90. The summed E-state index contributed by atoms with van der Waals surface area (Å²) in [6.07, 6.45) is 2.41. The third-order valence-electron chi connectivity index (χ3n) is 2.00. The van der Waals surface area contributed by atoms with Crippen molar-refractivity contribution in [3.8, 4) is 0 Å². The van der Waals surface area contributed by atoms with Gasteiger partial charge < -0.3 is 0 Å². The Labute approximate surface area is 83.5 Å². The first-order valence-electron chi connectivity index (χ1n) is 4.89. The third-order valence-corrected chi connectivity index (χ3v) is 2.00. The van der Waals surface area contributed by atoms with Crippen LogP contribution in [0.5, 0.6) is 0 Å². The number of aryl methyl sites for hydroxylation is 1. The second-order valence-corrected chi connectivity index (χ2v) is 3.51. The Morgan fingerprint density at radius 3 is 2.71 bits per heavy atom. The molecule has 14 heavy (non-hydrogen) atoms. The summed E-state index contributed by atoms with van der Waals surface area (Å²) in [5.41, 5.74) is 0. The number of ketones is 1. The fraction of sp³-hybridized carbons (Fsp3) is 0.778. The first-order chi connectivity index (χ1) is 6.63. The van der Waals surface area contributed by atoms with Gasteiger partial charge in [-0.1, -0.05) is 13.3 Å². The molecule has 0 amide bonds. The van der Waals surface area contributed by atoms with Crippen LogP contribution in [0.4, 0.5) is 0 Å². The molecule has 0 fully saturated rings. The van der Waals surface area contributed by atoms with Crippen LogP contribution < -0.4 is 0 Å². The molecular weight excluding hydrogens is 180 g/mol. The molecule has 0 saturated carbocycles. The number of aromatic nitrogens is 4. The molecule has 1 rings (SSSR count). The van der Waals surface area contributed by atoms with Gasteiger partial charge in [-0.15, -0.1) is 10.2 Å². The lowest BCUT2D eigenvalue weighted by Gasteiger charge is -2.11. The van der Waals surface area contributed by atoms with Gasteiger partial charge in [0.1, 0.15) is 5.78 Å². The van der Waals surface area contributed by atoms with Crippen molar-refractivity contribution in [2.75, 3.05) is 0 Å². The molecule has 5 nitrogen and oxygen atoms in total. The van der Waals surface area contributed by atoms with E-state index in [0.29, 0.717) is 12.2 Å². The van der Waals surface area contributed by atoms with E-state index in [2.05, 4.69) is 22.3 Å². The highest BCUT2D eigenvalue weighted by Gasteiger charge is 2.14. The molecule has 0 aliphatic carbocycles. The molecule has 1 heterocycles. The summed E-state index contributed by atoms with van der Waals surface area (Å²) in [5, 5.41) is 11.8. The Hall–Kier alpha value is -1.26. The lowest BCUT2D eigenvalue weighted by molar-refractivity contribution is -0.117. The van der Waals surface area contributed by atoms with Crippen LogP contribution in [-0.4, -0.2) is 26.0 Å². The lowest BCUT2D eigenvalue weighted by atomic mass is 10.1. The van der Waals surface area contributed by atoms with Gasteiger partial charge in [0.25, 0.3) is 0 Å². The summed E-state index contributed by atoms with van der Waals surface area (Å²) in [6.45, 7) is 5.46. The molecule has 78 valence electrons. The Kier molecular flexibility index (Phi) is 3.73. The van der Waals surface area contributed by atoms with Gasteiger partial charge in [-0.3, -0.25) is 4.79 Å².